The van der Waals surface area contributed by atoms with Gasteiger partial charge in [0.05, 0.1) is 25.1 Å². The fourth-order valence-corrected chi connectivity index (χ4v) is 3.95. The molecule has 2 N–H and O–H groups in total. The Morgan fingerprint density at radius 1 is 1.15 bits per heavy atom. The Hall–Kier alpha value is -0.950. The fourth-order valence-electron chi connectivity index (χ4n) is 2.88. The van der Waals surface area contributed by atoms with Crippen LogP contribution in [0.1, 0.15) is 25.7 Å². The molecule has 0 radical (unpaired) electrons. The largest absolute Gasteiger partial charge is 0.481 e. The predicted octanol–water partition coefficient (Wildman–Crippen LogP) is 0.845. The Bertz CT molecular complexity index is 366. The van der Waals surface area contributed by atoms with E-state index in [1.54, 1.807) is 21.6 Å². The van der Waals surface area contributed by atoms with Crippen LogP contribution in [0.4, 0.5) is 4.79 Å². The smallest absolute Gasteiger partial charge is 0.320 e. The molecule has 2 aliphatic rings. The van der Waals surface area contributed by atoms with E-state index in [-0.39, 0.29) is 31.1 Å². The number of carboxylic acid groups (broad SMARTS) is 1. The Morgan fingerprint density at radius 3 is 2.60 bits per heavy atom. The molecular weight excluding hydrogens is 280 g/mol. The summed E-state index contributed by atoms with van der Waals surface area (Å²) >= 11 is 1.69. The third-order valence-electron chi connectivity index (χ3n) is 3.97. The molecule has 0 saturated carbocycles. The lowest BCUT2D eigenvalue weighted by Crippen LogP contribution is -2.56. The fraction of sp³-hybridized carbons (Fsp3) is 0.846. The van der Waals surface area contributed by atoms with Gasteiger partial charge in [0.2, 0.25) is 0 Å². The lowest BCUT2D eigenvalue weighted by Gasteiger charge is -2.42. The molecule has 0 aromatic heterocycles. The van der Waals surface area contributed by atoms with E-state index < -0.39 is 5.97 Å². The molecule has 2 fully saturated rings. The molecule has 2 rings (SSSR count). The normalized spacial score (nSPS) is 27.4. The van der Waals surface area contributed by atoms with Crippen molar-refractivity contribution < 1.29 is 19.8 Å². The van der Waals surface area contributed by atoms with Gasteiger partial charge in [-0.2, -0.15) is 11.8 Å². The molecule has 0 aliphatic carbocycles. The number of thioether (sulfide) groups is 1. The first-order valence-electron chi connectivity index (χ1n) is 7.11. The number of hydrogen-bond acceptors (Lipinski definition) is 4. The van der Waals surface area contributed by atoms with Crippen LogP contribution in [0.5, 0.6) is 0 Å². The van der Waals surface area contributed by atoms with E-state index >= 15 is 0 Å². The van der Waals surface area contributed by atoms with E-state index in [0.29, 0.717) is 18.8 Å². The second-order valence-corrected chi connectivity index (χ2v) is 6.48. The van der Waals surface area contributed by atoms with Gasteiger partial charge >= 0.3 is 12.0 Å². The van der Waals surface area contributed by atoms with Gasteiger partial charge in [-0.05, 0) is 19.3 Å². The van der Waals surface area contributed by atoms with E-state index in [1.807, 2.05) is 0 Å². The molecule has 2 amide bonds. The summed E-state index contributed by atoms with van der Waals surface area (Å²) in [5.41, 5.74) is 0. The van der Waals surface area contributed by atoms with Crippen LogP contribution >= 0.6 is 11.8 Å². The Morgan fingerprint density at radius 2 is 1.90 bits per heavy atom. The first-order chi connectivity index (χ1) is 9.63. The summed E-state index contributed by atoms with van der Waals surface area (Å²) in [6.07, 6.45) is 2.81. The molecule has 7 heteroatoms. The van der Waals surface area contributed by atoms with E-state index in [0.717, 1.165) is 25.0 Å². The molecule has 2 saturated heterocycles. The first kappa shape index (κ1) is 15.4. The van der Waals surface area contributed by atoms with Gasteiger partial charge in [-0.15, -0.1) is 0 Å². The number of amides is 2. The van der Waals surface area contributed by atoms with Crippen LogP contribution < -0.4 is 0 Å². The topological polar surface area (TPSA) is 81.1 Å². The highest BCUT2D eigenvalue weighted by atomic mass is 32.2. The minimum Gasteiger partial charge on any atom is -0.481 e. The van der Waals surface area contributed by atoms with Gasteiger partial charge in [0.1, 0.15) is 0 Å². The first-order valence-corrected chi connectivity index (χ1v) is 8.26. The Balaban J connectivity index is 2.05. The molecule has 2 atom stereocenters. The maximum absolute atomic E-state index is 12.7. The van der Waals surface area contributed by atoms with Gasteiger partial charge < -0.3 is 20.0 Å². The number of aliphatic hydroxyl groups excluding tert-OH is 1. The highest BCUT2D eigenvalue weighted by molar-refractivity contribution is 7.99. The summed E-state index contributed by atoms with van der Waals surface area (Å²) in [6.45, 7) is 1.24. The number of aliphatic hydroxyl groups is 1. The van der Waals surface area contributed by atoms with Crippen LogP contribution in [0.3, 0.4) is 0 Å². The van der Waals surface area contributed by atoms with Crippen molar-refractivity contribution in [2.24, 2.45) is 0 Å². The average molecular weight is 302 g/mol. The van der Waals surface area contributed by atoms with Gasteiger partial charge in [0.15, 0.2) is 0 Å². The zero-order chi connectivity index (χ0) is 14.5. The third kappa shape index (κ3) is 3.58. The Labute approximate surface area is 123 Å². The molecule has 0 spiro atoms. The number of nitrogens with zero attached hydrogens (tertiary/aromatic N) is 2. The second-order valence-electron chi connectivity index (χ2n) is 5.33. The molecule has 0 aromatic rings. The molecule has 0 aromatic carbocycles. The van der Waals surface area contributed by atoms with E-state index in [4.69, 9.17) is 5.11 Å². The number of piperidine rings is 1. The van der Waals surface area contributed by atoms with Gasteiger partial charge in [0, 0.05) is 24.6 Å². The van der Waals surface area contributed by atoms with Crippen LogP contribution in [-0.2, 0) is 4.79 Å². The van der Waals surface area contributed by atoms with Crippen LogP contribution in [0.25, 0.3) is 0 Å². The van der Waals surface area contributed by atoms with Crippen molar-refractivity contribution in [1.82, 2.24) is 9.80 Å². The number of urea groups is 1. The van der Waals surface area contributed by atoms with Crippen LogP contribution in [0.15, 0.2) is 0 Å². The van der Waals surface area contributed by atoms with E-state index in [9.17, 15) is 14.7 Å². The highest BCUT2D eigenvalue weighted by Gasteiger charge is 2.35. The summed E-state index contributed by atoms with van der Waals surface area (Å²) in [4.78, 5) is 27.0. The monoisotopic (exact) mass is 302 g/mol. The minimum atomic E-state index is -0.868. The highest BCUT2D eigenvalue weighted by Crippen LogP contribution is 2.24. The predicted molar refractivity (Wildman–Crippen MR) is 76.9 cm³/mol. The zero-order valence-corrected chi connectivity index (χ0v) is 12.3. The lowest BCUT2D eigenvalue weighted by atomic mass is 10.0. The number of carbonyl (C=O) groups excluding carboxylic acids is 1. The second kappa shape index (κ2) is 7.17. The van der Waals surface area contributed by atoms with Crippen molar-refractivity contribution in [2.45, 2.75) is 37.8 Å². The van der Waals surface area contributed by atoms with Gasteiger partial charge in [-0.25, -0.2) is 4.79 Å². The number of aliphatic carboxylic acids is 1. The molecule has 2 heterocycles. The van der Waals surface area contributed by atoms with Crippen molar-refractivity contribution in [1.29, 1.82) is 0 Å². The molecule has 2 unspecified atom stereocenters. The summed E-state index contributed by atoms with van der Waals surface area (Å²) in [5, 5.41) is 18.4. The molecular formula is C13H22N2O4S. The Kier molecular flexibility index (Phi) is 5.54. The number of carboxylic acids is 1. The zero-order valence-electron chi connectivity index (χ0n) is 11.5. The molecule has 2 aliphatic heterocycles. The third-order valence-corrected chi connectivity index (χ3v) is 5.06. The lowest BCUT2D eigenvalue weighted by molar-refractivity contribution is -0.138. The number of carbonyl (C=O) groups is 2. The molecule has 114 valence electrons. The molecule has 20 heavy (non-hydrogen) atoms. The van der Waals surface area contributed by atoms with E-state index in [1.165, 1.54) is 0 Å². The quantitative estimate of drug-likeness (QED) is 0.807. The van der Waals surface area contributed by atoms with Crippen molar-refractivity contribution in [3.05, 3.63) is 0 Å². The van der Waals surface area contributed by atoms with Crippen molar-refractivity contribution in [3.8, 4) is 0 Å². The number of hydrogen-bond donors (Lipinski definition) is 2. The van der Waals surface area contributed by atoms with Crippen molar-refractivity contribution >= 4 is 23.8 Å². The van der Waals surface area contributed by atoms with Gasteiger partial charge in [-0.3, -0.25) is 4.79 Å². The van der Waals surface area contributed by atoms with Crippen molar-refractivity contribution in [2.75, 3.05) is 31.2 Å². The maximum atomic E-state index is 12.7. The average Bonchev–Trinajstić information content (AvgIpc) is 2.46. The summed E-state index contributed by atoms with van der Waals surface area (Å²) < 4.78 is 0. The van der Waals surface area contributed by atoms with Crippen LogP contribution in [-0.4, -0.2) is 75.3 Å². The van der Waals surface area contributed by atoms with Gasteiger partial charge in [0.25, 0.3) is 0 Å². The SMILES string of the molecule is O=C(O)CC1CSCCN1C(=O)N1CCCCC1CO. The van der Waals surface area contributed by atoms with E-state index in [2.05, 4.69) is 0 Å². The molecule has 0 bridgehead atoms. The van der Waals surface area contributed by atoms with Crippen molar-refractivity contribution in [3.63, 3.8) is 0 Å². The summed E-state index contributed by atoms with van der Waals surface area (Å²) in [5.74, 6) is 0.655. The summed E-state index contributed by atoms with van der Waals surface area (Å²) in [6, 6.07) is -0.452. The summed E-state index contributed by atoms with van der Waals surface area (Å²) in [7, 11) is 0. The van der Waals surface area contributed by atoms with Crippen LogP contribution in [0.2, 0.25) is 0 Å². The van der Waals surface area contributed by atoms with Gasteiger partial charge in [-0.1, -0.05) is 0 Å². The maximum Gasteiger partial charge on any atom is 0.320 e. The standard InChI is InChI=1S/C13H22N2O4S/c16-8-10-3-1-2-4-14(10)13(19)15-5-6-20-9-11(15)7-12(17)18/h10-11,16H,1-9H2,(H,17,18). The molecule has 6 nitrogen and oxygen atoms in total. The minimum absolute atomic E-state index is 0.00360. The number of likely N-dealkylation sites (tertiary alicyclic amines) is 1. The van der Waals surface area contributed by atoms with Crippen LogP contribution in [0, 0.1) is 0 Å². The number of rotatable bonds is 3.